The molecule has 17 heavy (non-hydrogen) atoms. The van der Waals surface area contributed by atoms with Crippen LogP contribution in [0.15, 0.2) is 24.5 Å². The number of hydrogen-bond acceptors (Lipinski definition) is 3. The van der Waals surface area contributed by atoms with Crippen LogP contribution in [0.3, 0.4) is 0 Å². The van der Waals surface area contributed by atoms with Crippen LogP contribution < -0.4 is 5.32 Å². The number of nitrogens with zero attached hydrogens (tertiary/aromatic N) is 2. The van der Waals surface area contributed by atoms with Crippen molar-refractivity contribution < 1.29 is 0 Å². The number of pyridine rings is 1. The lowest BCUT2D eigenvalue weighted by Crippen LogP contribution is -2.34. The van der Waals surface area contributed by atoms with E-state index < -0.39 is 0 Å². The number of hydrogen-bond donors (Lipinski definition) is 1. The second kappa shape index (κ2) is 6.12. The molecule has 0 amide bonds. The summed E-state index contributed by atoms with van der Waals surface area (Å²) in [6.45, 7) is 2.28. The van der Waals surface area contributed by atoms with Crippen molar-refractivity contribution in [1.29, 1.82) is 0 Å². The number of likely N-dealkylation sites (tertiary alicyclic amines) is 1. The summed E-state index contributed by atoms with van der Waals surface area (Å²) in [5.41, 5.74) is 1.36. The average molecular weight is 233 g/mol. The molecule has 2 heterocycles. The molecule has 1 N–H and O–H groups in total. The van der Waals surface area contributed by atoms with Crippen LogP contribution in [0.5, 0.6) is 0 Å². The minimum atomic E-state index is 0.513. The molecule has 2 unspecified atom stereocenters. The van der Waals surface area contributed by atoms with Gasteiger partial charge in [0.15, 0.2) is 0 Å². The summed E-state index contributed by atoms with van der Waals surface area (Å²) in [5, 5.41) is 3.34. The summed E-state index contributed by atoms with van der Waals surface area (Å²) < 4.78 is 0. The van der Waals surface area contributed by atoms with Crippen LogP contribution in [-0.2, 0) is 0 Å². The molecule has 0 saturated carbocycles. The zero-order valence-electron chi connectivity index (χ0n) is 10.9. The third-order valence-electron chi connectivity index (χ3n) is 3.75. The highest BCUT2D eigenvalue weighted by Gasteiger charge is 2.28. The van der Waals surface area contributed by atoms with Crippen molar-refractivity contribution in [2.75, 3.05) is 27.2 Å². The summed E-state index contributed by atoms with van der Waals surface area (Å²) in [4.78, 5) is 6.76. The Kier molecular flexibility index (Phi) is 4.51. The van der Waals surface area contributed by atoms with Crippen LogP contribution in [0, 0.1) is 5.92 Å². The average Bonchev–Trinajstić information content (AvgIpc) is 2.53. The Bertz CT molecular complexity index is 325. The molecule has 0 radical (unpaired) electrons. The molecule has 1 saturated heterocycles. The van der Waals surface area contributed by atoms with E-state index in [2.05, 4.69) is 28.3 Å². The van der Waals surface area contributed by atoms with Gasteiger partial charge in [0.2, 0.25) is 0 Å². The Labute approximate surface area is 104 Å². The summed E-state index contributed by atoms with van der Waals surface area (Å²) in [5.74, 6) is 0.691. The highest BCUT2D eigenvalue weighted by Crippen LogP contribution is 2.33. The Morgan fingerprint density at radius 2 is 2.35 bits per heavy atom. The van der Waals surface area contributed by atoms with Crippen molar-refractivity contribution in [3.05, 3.63) is 30.1 Å². The molecular weight excluding hydrogens is 210 g/mol. The lowest BCUT2D eigenvalue weighted by atomic mass is 9.90. The van der Waals surface area contributed by atoms with Crippen molar-refractivity contribution in [2.45, 2.75) is 25.3 Å². The quantitative estimate of drug-likeness (QED) is 0.866. The van der Waals surface area contributed by atoms with Gasteiger partial charge < -0.3 is 5.32 Å². The molecule has 1 aliphatic heterocycles. The largest absolute Gasteiger partial charge is 0.319 e. The van der Waals surface area contributed by atoms with Gasteiger partial charge in [0.1, 0.15) is 0 Å². The zero-order valence-corrected chi connectivity index (χ0v) is 10.9. The number of aromatic nitrogens is 1. The second-order valence-corrected chi connectivity index (χ2v) is 5.03. The molecule has 2 rings (SSSR count). The van der Waals surface area contributed by atoms with E-state index in [4.69, 9.17) is 0 Å². The molecule has 0 aliphatic carbocycles. The molecule has 3 heteroatoms. The molecule has 1 aromatic heterocycles. The van der Waals surface area contributed by atoms with Gasteiger partial charge in [0, 0.05) is 18.4 Å². The van der Waals surface area contributed by atoms with E-state index in [9.17, 15) is 0 Å². The van der Waals surface area contributed by atoms with Gasteiger partial charge in [-0.25, -0.2) is 0 Å². The first-order valence-electron chi connectivity index (χ1n) is 6.57. The maximum absolute atomic E-state index is 4.27. The molecule has 0 aromatic carbocycles. The normalized spacial score (nSPS) is 26.7. The lowest BCUT2D eigenvalue weighted by molar-refractivity contribution is 0.190. The molecular formula is C14H23N3. The minimum absolute atomic E-state index is 0.513. The Morgan fingerprint density at radius 3 is 3.06 bits per heavy atom. The van der Waals surface area contributed by atoms with Crippen LogP contribution in [0.1, 0.15) is 30.9 Å². The first kappa shape index (κ1) is 12.5. The fourth-order valence-corrected chi connectivity index (χ4v) is 2.98. The van der Waals surface area contributed by atoms with Gasteiger partial charge in [-0.1, -0.05) is 12.5 Å². The van der Waals surface area contributed by atoms with Crippen molar-refractivity contribution in [3.8, 4) is 0 Å². The summed E-state index contributed by atoms with van der Waals surface area (Å²) in [6.07, 6.45) is 7.84. The van der Waals surface area contributed by atoms with Crippen LogP contribution in [0.2, 0.25) is 0 Å². The van der Waals surface area contributed by atoms with E-state index in [1.165, 1.54) is 31.4 Å². The van der Waals surface area contributed by atoms with Gasteiger partial charge in [0.25, 0.3) is 0 Å². The fourth-order valence-electron chi connectivity index (χ4n) is 2.98. The monoisotopic (exact) mass is 233 g/mol. The van der Waals surface area contributed by atoms with Gasteiger partial charge >= 0.3 is 0 Å². The van der Waals surface area contributed by atoms with E-state index in [1.54, 1.807) is 0 Å². The Hall–Kier alpha value is -0.930. The molecule has 1 fully saturated rings. The van der Waals surface area contributed by atoms with E-state index >= 15 is 0 Å². The highest BCUT2D eigenvalue weighted by molar-refractivity contribution is 5.15. The van der Waals surface area contributed by atoms with Gasteiger partial charge in [-0.15, -0.1) is 0 Å². The number of nitrogens with one attached hydrogen (secondary N) is 1. The highest BCUT2D eigenvalue weighted by atomic mass is 15.1. The van der Waals surface area contributed by atoms with Crippen molar-refractivity contribution in [3.63, 3.8) is 0 Å². The Balaban J connectivity index is 2.23. The van der Waals surface area contributed by atoms with Crippen LogP contribution in [0.4, 0.5) is 0 Å². The van der Waals surface area contributed by atoms with Gasteiger partial charge in [-0.3, -0.25) is 9.88 Å². The topological polar surface area (TPSA) is 28.2 Å². The third-order valence-corrected chi connectivity index (χ3v) is 3.75. The standard InChI is InChI=1S/C14H23N3/c1-15-10-12-6-3-4-9-17(2)14(12)13-7-5-8-16-11-13/h5,7-8,11-12,14-15H,3-4,6,9-10H2,1-2H3. The van der Waals surface area contributed by atoms with E-state index in [0.29, 0.717) is 12.0 Å². The first-order chi connectivity index (χ1) is 8.33. The predicted octanol–water partition coefficient (Wildman–Crippen LogP) is 2.07. The summed E-state index contributed by atoms with van der Waals surface area (Å²) in [7, 11) is 4.29. The minimum Gasteiger partial charge on any atom is -0.319 e. The van der Waals surface area contributed by atoms with Crippen molar-refractivity contribution >= 4 is 0 Å². The molecule has 0 spiro atoms. The first-order valence-corrected chi connectivity index (χ1v) is 6.57. The van der Waals surface area contributed by atoms with E-state index in [-0.39, 0.29) is 0 Å². The SMILES string of the molecule is CNCC1CCCCN(C)C1c1cccnc1. The lowest BCUT2D eigenvalue weighted by Gasteiger charge is -2.32. The van der Waals surface area contributed by atoms with Crippen LogP contribution >= 0.6 is 0 Å². The maximum atomic E-state index is 4.27. The van der Waals surface area contributed by atoms with Gasteiger partial charge in [0.05, 0.1) is 0 Å². The summed E-state index contributed by atoms with van der Waals surface area (Å²) >= 11 is 0. The van der Waals surface area contributed by atoms with Gasteiger partial charge in [-0.2, -0.15) is 0 Å². The van der Waals surface area contributed by atoms with Crippen molar-refractivity contribution in [2.24, 2.45) is 5.92 Å². The van der Waals surface area contributed by atoms with E-state index in [1.807, 2.05) is 25.5 Å². The molecule has 1 aromatic rings. The maximum Gasteiger partial charge on any atom is 0.0400 e. The smallest absolute Gasteiger partial charge is 0.0400 e. The fraction of sp³-hybridized carbons (Fsp3) is 0.643. The van der Waals surface area contributed by atoms with Crippen LogP contribution in [0.25, 0.3) is 0 Å². The molecule has 0 bridgehead atoms. The van der Waals surface area contributed by atoms with Crippen LogP contribution in [-0.4, -0.2) is 37.1 Å². The molecule has 3 nitrogen and oxygen atoms in total. The summed E-state index contributed by atoms with van der Waals surface area (Å²) in [6, 6.07) is 4.77. The Morgan fingerprint density at radius 1 is 1.47 bits per heavy atom. The number of rotatable bonds is 3. The zero-order chi connectivity index (χ0) is 12.1. The molecule has 2 atom stereocenters. The second-order valence-electron chi connectivity index (χ2n) is 5.03. The third kappa shape index (κ3) is 3.05. The van der Waals surface area contributed by atoms with Gasteiger partial charge in [-0.05, 0) is 57.6 Å². The predicted molar refractivity (Wildman–Crippen MR) is 70.9 cm³/mol. The molecule has 1 aliphatic rings. The molecule has 94 valence electrons. The van der Waals surface area contributed by atoms with E-state index in [0.717, 1.165) is 6.54 Å². The van der Waals surface area contributed by atoms with Crippen molar-refractivity contribution in [1.82, 2.24) is 15.2 Å².